The predicted molar refractivity (Wildman–Crippen MR) is 63.7 cm³/mol. The van der Waals surface area contributed by atoms with Gasteiger partial charge in [-0.2, -0.15) is 0 Å². The first-order valence-electron chi connectivity index (χ1n) is 4.96. The SMILES string of the molecule is CC(=O)[13CH2]CCSc1ccc([N+](=O)[O-])cc1. The molecule has 1 aromatic rings. The largest absolute Gasteiger partial charge is 0.300 e. The third-order valence-corrected chi connectivity index (χ3v) is 3.09. The molecule has 0 N–H and O–H groups in total. The molecule has 1 rings (SSSR count). The van der Waals surface area contributed by atoms with Gasteiger partial charge in [0, 0.05) is 23.4 Å². The van der Waals surface area contributed by atoms with Crippen molar-refractivity contribution >= 4 is 23.2 Å². The molecule has 0 spiro atoms. The Balaban J connectivity index is 2.38. The molecule has 1 aromatic carbocycles. The molecule has 16 heavy (non-hydrogen) atoms. The molecule has 0 aliphatic rings. The second kappa shape index (κ2) is 6.27. The summed E-state index contributed by atoms with van der Waals surface area (Å²) in [7, 11) is 0. The van der Waals surface area contributed by atoms with E-state index in [0.717, 1.165) is 17.1 Å². The van der Waals surface area contributed by atoms with E-state index in [-0.39, 0.29) is 11.5 Å². The van der Waals surface area contributed by atoms with Gasteiger partial charge in [-0.1, -0.05) is 0 Å². The quantitative estimate of drug-likeness (QED) is 0.252. The normalized spacial score (nSPS) is 10.1. The van der Waals surface area contributed by atoms with Crippen molar-refractivity contribution in [2.24, 2.45) is 0 Å². The number of thioether (sulfide) groups is 1. The van der Waals surface area contributed by atoms with Crippen molar-refractivity contribution < 1.29 is 9.72 Å². The average Bonchev–Trinajstić information content (AvgIpc) is 2.25. The highest BCUT2D eigenvalue weighted by atomic mass is 32.2. The Morgan fingerprint density at radius 2 is 2.00 bits per heavy atom. The van der Waals surface area contributed by atoms with Gasteiger partial charge in [0.15, 0.2) is 0 Å². The molecule has 0 bridgehead atoms. The summed E-state index contributed by atoms with van der Waals surface area (Å²) < 4.78 is 0. The van der Waals surface area contributed by atoms with E-state index in [1.807, 2.05) is 0 Å². The molecule has 0 amide bonds. The van der Waals surface area contributed by atoms with Gasteiger partial charge in [0.25, 0.3) is 5.69 Å². The lowest BCUT2D eigenvalue weighted by Crippen LogP contribution is -1.91. The van der Waals surface area contributed by atoms with E-state index in [4.69, 9.17) is 0 Å². The number of carbonyl (C=O) groups excluding carboxylic acids is 1. The molecule has 4 nitrogen and oxygen atoms in total. The number of benzene rings is 1. The van der Waals surface area contributed by atoms with Crippen LogP contribution in [0.1, 0.15) is 19.8 Å². The zero-order chi connectivity index (χ0) is 12.0. The van der Waals surface area contributed by atoms with E-state index in [1.54, 1.807) is 30.8 Å². The first-order valence-corrected chi connectivity index (χ1v) is 5.95. The van der Waals surface area contributed by atoms with Crippen LogP contribution in [-0.4, -0.2) is 16.5 Å². The van der Waals surface area contributed by atoms with Gasteiger partial charge in [0.1, 0.15) is 5.78 Å². The third kappa shape index (κ3) is 4.44. The summed E-state index contributed by atoms with van der Waals surface area (Å²) in [6.45, 7) is 1.58. The lowest BCUT2D eigenvalue weighted by molar-refractivity contribution is -0.384. The summed E-state index contributed by atoms with van der Waals surface area (Å²) >= 11 is 1.61. The van der Waals surface area contributed by atoms with Crippen molar-refractivity contribution in [1.82, 2.24) is 0 Å². The van der Waals surface area contributed by atoms with Crippen molar-refractivity contribution in [1.29, 1.82) is 0 Å². The fourth-order valence-electron chi connectivity index (χ4n) is 1.18. The van der Waals surface area contributed by atoms with Crippen LogP contribution in [0.4, 0.5) is 5.69 Å². The summed E-state index contributed by atoms with van der Waals surface area (Å²) in [6, 6.07) is 6.45. The number of hydrogen-bond acceptors (Lipinski definition) is 4. The van der Waals surface area contributed by atoms with E-state index < -0.39 is 4.92 Å². The Kier molecular flexibility index (Phi) is 4.98. The summed E-state index contributed by atoms with van der Waals surface area (Å²) in [5.74, 6) is 1.06. The van der Waals surface area contributed by atoms with E-state index in [1.165, 1.54) is 12.1 Å². The Morgan fingerprint density at radius 1 is 1.38 bits per heavy atom. The van der Waals surface area contributed by atoms with Crippen LogP contribution in [0.15, 0.2) is 29.2 Å². The van der Waals surface area contributed by atoms with Crippen molar-refractivity contribution in [2.75, 3.05) is 5.75 Å². The van der Waals surface area contributed by atoms with Crippen LogP contribution in [0.5, 0.6) is 0 Å². The first kappa shape index (κ1) is 12.7. The fraction of sp³-hybridized carbons (Fsp3) is 0.364. The van der Waals surface area contributed by atoms with Crippen molar-refractivity contribution in [3.05, 3.63) is 34.4 Å². The van der Waals surface area contributed by atoms with E-state index in [9.17, 15) is 14.9 Å². The summed E-state index contributed by atoms with van der Waals surface area (Å²) in [6.07, 6.45) is 1.44. The number of Topliss-reactive ketones (excluding diaryl/α,β-unsaturated/α-hetero) is 1. The van der Waals surface area contributed by atoms with Crippen LogP contribution in [0, 0.1) is 10.1 Å². The van der Waals surface area contributed by atoms with Crippen LogP contribution < -0.4 is 0 Å². The number of nitro benzene ring substituents is 1. The maximum absolute atomic E-state index is 10.7. The summed E-state index contributed by atoms with van der Waals surface area (Å²) in [4.78, 5) is 21.7. The highest BCUT2D eigenvalue weighted by Gasteiger charge is 2.03. The Morgan fingerprint density at radius 3 is 2.50 bits per heavy atom. The highest BCUT2D eigenvalue weighted by molar-refractivity contribution is 7.99. The zero-order valence-electron chi connectivity index (χ0n) is 9.01. The minimum absolute atomic E-state index is 0.105. The number of rotatable bonds is 6. The highest BCUT2D eigenvalue weighted by Crippen LogP contribution is 2.22. The average molecular weight is 240 g/mol. The van der Waals surface area contributed by atoms with Crippen LogP contribution in [0.25, 0.3) is 0 Å². The van der Waals surface area contributed by atoms with Gasteiger partial charge in [0.05, 0.1) is 4.92 Å². The molecule has 0 heterocycles. The van der Waals surface area contributed by atoms with E-state index >= 15 is 0 Å². The number of carbonyl (C=O) groups is 1. The van der Waals surface area contributed by atoms with Gasteiger partial charge in [-0.3, -0.25) is 10.1 Å². The molecule has 0 aliphatic heterocycles. The van der Waals surface area contributed by atoms with Gasteiger partial charge >= 0.3 is 0 Å². The van der Waals surface area contributed by atoms with E-state index in [0.29, 0.717) is 6.42 Å². The van der Waals surface area contributed by atoms with Crippen molar-refractivity contribution in [3.8, 4) is 0 Å². The molecule has 0 aromatic heterocycles. The number of hydrogen-bond donors (Lipinski definition) is 0. The van der Waals surface area contributed by atoms with E-state index in [2.05, 4.69) is 0 Å². The number of nitrogens with zero attached hydrogens (tertiary/aromatic N) is 1. The molecular formula is C11H13NO3S. The molecular weight excluding hydrogens is 227 g/mol. The predicted octanol–water partition coefficient (Wildman–Crippen LogP) is 3.06. The Hall–Kier alpha value is -1.36. The summed E-state index contributed by atoms with van der Waals surface area (Å²) in [5, 5.41) is 10.4. The molecule has 5 heteroatoms. The molecule has 0 aliphatic carbocycles. The molecule has 0 saturated carbocycles. The second-order valence-corrected chi connectivity index (χ2v) is 4.57. The fourth-order valence-corrected chi connectivity index (χ4v) is 2.03. The van der Waals surface area contributed by atoms with Gasteiger partial charge in [-0.15, -0.1) is 11.8 Å². The Labute approximate surface area is 98.2 Å². The van der Waals surface area contributed by atoms with Gasteiger partial charge < -0.3 is 4.79 Å². The third-order valence-electron chi connectivity index (χ3n) is 1.99. The zero-order valence-corrected chi connectivity index (χ0v) is 9.83. The van der Waals surface area contributed by atoms with Gasteiger partial charge in [-0.25, -0.2) is 0 Å². The molecule has 0 radical (unpaired) electrons. The molecule has 0 fully saturated rings. The maximum Gasteiger partial charge on any atom is 0.269 e. The first-order chi connectivity index (χ1) is 7.59. The van der Waals surface area contributed by atoms with Crippen molar-refractivity contribution in [2.45, 2.75) is 24.7 Å². The second-order valence-electron chi connectivity index (χ2n) is 3.41. The lowest BCUT2D eigenvalue weighted by Gasteiger charge is -2.00. The summed E-state index contributed by atoms with van der Waals surface area (Å²) in [5.41, 5.74) is 0.105. The van der Waals surface area contributed by atoms with Gasteiger partial charge in [-0.05, 0) is 31.2 Å². The Bertz CT molecular complexity index is 375. The van der Waals surface area contributed by atoms with Crippen molar-refractivity contribution in [3.63, 3.8) is 0 Å². The van der Waals surface area contributed by atoms with Crippen LogP contribution >= 0.6 is 11.8 Å². The smallest absolute Gasteiger partial charge is 0.269 e. The van der Waals surface area contributed by atoms with Crippen LogP contribution in [0.2, 0.25) is 0 Å². The minimum atomic E-state index is -0.413. The lowest BCUT2D eigenvalue weighted by atomic mass is 10.3. The maximum atomic E-state index is 10.7. The topological polar surface area (TPSA) is 60.2 Å². The van der Waals surface area contributed by atoms with Gasteiger partial charge in [0.2, 0.25) is 0 Å². The molecule has 0 saturated heterocycles. The number of ketones is 1. The minimum Gasteiger partial charge on any atom is -0.300 e. The molecule has 86 valence electrons. The number of nitro groups is 1. The number of non-ortho nitro benzene ring substituents is 1. The molecule has 0 unspecified atom stereocenters. The van der Waals surface area contributed by atoms with Crippen LogP contribution in [0.3, 0.4) is 0 Å². The monoisotopic (exact) mass is 240 g/mol. The standard InChI is InChI=1S/C11H13NO3S/c1-9(13)3-2-8-16-11-6-4-10(5-7-11)12(14)15/h4-7H,2-3,8H2,1H3/i3+1. The van der Waals surface area contributed by atoms with Crippen LogP contribution in [-0.2, 0) is 4.79 Å². The molecule has 0 atom stereocenters.